The molecule has 3 heterocycles. The van der Waals surface area contributed by atoms with E-state index in [0.29, 0.717) is 19.3 Å². The Morgan fingerprint density at radius 1 is 1.15 bits per heavy atom. The van der Waals surface area contributed by atoms with E-state index in [1.807, 2.05) is 53.2 Å². The Labute approximate surface area is 199 Å². The third kappa shape index (κ3) is 4.69. The molecule has 0 saturated heterocycles. The number of pyridine rings is 1. The van der Waals surface area contributed by atoms with Gasteiger partial charge in [0.25, 0.3) is 0 Å². The Hall–Kier alpha value is -3.23. The van der Waals surface area contributed by atoms with Crippen LogP contribution in [-0.2, 0) is 22.9 Å². The molecule has 34 heavy (non-hydrogen) atoms. The van der Waals surface area contributed by atoms with Crippen LogP contribution in [0.25, 0.3) is 11.0 Å². The van der Waals surface area contributed by atoms with E-state index >= 15 is 0 Å². The van der Waals surface area contributed by atoms with Crippen molar-refractivity contribution < 1.29 is 9.53 Å². The molecule has 0 unspecified atom stereocenters. The lowest BCUT2D eigenvalue weighted by atomic mass is 9.80. The molecule has 1 aromatic carbocycles. The largest absolute Gasteiger partial charge is 0.372 e. The lowest BCUT2D eigenvalue weighted by molar-refractivity contribution is -0.123. The van der Waals surface area contributed by atoms with Crippen LogP contribution >= 0.6 is 0 Å². The SMILES string of the molecule is NCN(c1ccnc2c1ccn2COCc1ccccc1)C(=O)[C@H]1CC[C@H](C2=NCCN2)CC1. The monoisotopic (exact) mass is 460 g/mol. The van der Waals surface area contributed by atoms with Crippen LogP contribution in [-0.4, -0.2) is 41.1 Å². The average Bonchev–Trinajstić information content (AvgIpc) is 3.56. The van der Waals surface area contributed by atoms with Gasteiger partial charge in [0.15, 0.2) is 0 Å². The van der Waals surface area contributed by atoms with E-state index in [4.69, 9.17) is 10.5 Å². The van der Waals surface area contributed by atoms with Crippen molar-refractivity contribution >= 4 is 28.5 Å². The van der Waals surface area contributed by atoms with Gasteiger partial charge in [0.05, 0.1) is 31.3 Å². The molecule has 1 amide bonds. The van der Waals surface area contributed by atoms with E-state index in [9.17, 15) is 4.79 Å². The van der Waals surface area contributed by atoms with E-state index < -0.39 is 0 Å². The zero-order valence-corrected chi connectivity index (χ0v) is 19.4. The zero-order valence-electron chi connectivity index (χ0n) is 19.4. The predicted molar refractivity (Wildman–Crippen MR) is 133 cm³/mol. The average molecular weight is 461 g/mol. The number of carbonyl (C=O) groups is 1. The summed E-state index contributed by atoms with van der Waals surface area (Å²) in [6, 6.07) is 13.9. The summed E-state index contributed by atoms with van der Waals surface area (Å²) in [6.45, 7) is 2.85. The minimum absolute atomic E-state index is 0.0127. The molecule has 0 spiro atoms. The molecule has 8 heteroatoms. The van der Waals surface area contributed by atoms with E-state index in [0.717, 1.165) is 66.9 Å². The van der Waals surface area contributed by atoms with E-state index in [1.54, 1.807) is 11.1 Å². The summed E-state index contributed by atoms with van der Waals surface area (Å²) in [4.78, 5) is 24.3. The van der Waals surface area contributed by atoms with Gasteiger partial charge in [-0.15, -0.1) is 0 Å². The first-order valence-corrected chi connectivity index (χ1v) is 12.1. The highest BCUT2D eigenvalue weighted by Crippen LogP contribution is 2.33. The predicted octanol–water partition coefficient (Wildman–Crippen LogP) is 3.27. The van der Waals surface area contributed by atoms with Crippen molar-refractivity contribution in [2.24, 2.45) is 22.6 Å². The Bertz CT molecular complexity index is 1150. The maximum Gasteiger partial charge on any atom is 0.231 e. The summed E-state index contributed by atoms with van der Waals surface area (Å²) in [5.41, 5.74) is 8.82. The third-order valence-electron chi connectivity index (χ3n) is 6.88. The summed E-state index contributed by atoms with van der Waals surface area (Å²) in [7, 11) is 0. The Balaban J connectivity index is 1.27. The van der Waals surface area contributed by atoms with Crippen molar-refractivity contribution in [1.29, 1.82) is 0 Å². The molecule has 1 fully saturated rings. The molecule has 178 valence electrons. The Morgan fingerprint density at radius 2 is 1.97 bits per heavy atom. The lowest BCUT2D eigenvalue weighted by Gasteiger charge is -2.32. The topological polar surface area (TPSA) is 97.8 Å². The van der Waals surface area contributed by atoms with Gasteiger partial charge in [-0.05, 0) is 43.4 Å². The smallest absolute Gasteiger partial charge is 0.231 e. The number of amidine groups is 1. The maximum absolute atomic E-state index is 13.5. The second kappa shape index (κ2) is 10.4. The Morgan fingerprint density at radius 3 is 2.71 bits per heavy atom. The second-order valence-corrected chi connectivity index (χ2v) is 9.01. The van der Waals surface area contributed by atoms with Gasteiger partial charge in [-0.1, -0.05) is 30.3 Å². The molecule has 0 atom stereocenters. The first kappa shape index (κ1) is 22.6. The highest BCUT2D eigenvalue weighted by Gasteiger charge is 2.32. The number of aromatic nitrogens is 2. The van der Waals surface area contributed by atoms with Crippen molar-refractivity contribution in [2.75, 3.05) is 24.7 Å². The van der Waals surface area contributed by atoms with Crippen LogP contribution < -0.4 is 16.0 Å². The molecule has 0 radical (unpaired) electrons. The number of nitrogens with two attached hydrogens (primary N) is 1. The maximum atomic E-state index is 13.5. The van der Waals surface area contributed by atoms with Crippen molar-refractivity contribution in [3.05, 3.63) is 60.4 Å². The fourth-order valence-corrected chi connectivity index (χ4v) is 5.08. The zero-order chi connectivity index (χ0) is 23.3. The van der Waals surface area contributed by atoms with Gasteiger partial charge in [0, 0.05) is 36.2 Å². The normalized spacial score (nSPS) is 20.2. The minimum atomic E-state index is -0.0127. The molecule has 3 N–H and O–H groups in total. The first-order valence-electron chi connectivity index (χ1n) is 12.1. The van der Waals surface area contributed by atoms with Gasteiger partial charge < -0.3 is 20.4 Å². The van der Waals surface area contributed by atoms with Crippen LogP contribution in [0.15, 0.2) is 59.9 Å². The van der Waals surface area contributed by atoms with Crippen molar-refractivity contribution in [1.82, 2.24) is 14.9 Å². The van der Waals surface area contributed by atoms with Gasteiger partial charge in [0.1, 0.15) is 12.4 Å². The number of hydrogen-bond donors (Lipinski definition) is 2. The summed E-state index contributed by atoms with van der Waals surface area (Å²) >= 11 is 0. The molecule has 3 aromatic rings. The van der Waals surface area contributed by atoms with Crippen molar-refractivity contribution in [3.63, 3.8) is 0 Å². The van der Waals surface area contributed by atoms with Crippen LogP contribution in [0.4, 0.5) is 5.69 Å². The fraction of sp³-hybridized carbons (Fsp3) is 0.423. The number of nitrogens with zero attached hydrogens (tertiary/aromatic N) is 4. The van der Waals surface area contributed by atoms with Crippen LogP contribution in [0.3, 0.4) is 0 Å². The molecule has 8 nitrogen and oxygen atoms in total. The van der Waals surface area contributed by atoms with Crippen LogP contribution in [0.5, 0.6) is 0 Å². The van der Waals surface area contributed by atoms with Crippen molar-refractivity contribution in [2.45, 2.75) is 39.0 Å². The quantitative estimate of drug-likeness (QED) is 0.503. The number of fused-ring (bicyclic) bond motifs is 1. The molecule has 5 rings (SSSR count). The Kier molecular flexibility index (Phi) is 6.87. The third-order valence-corrected chi connectivity index (χ3v) is 6.88. The van der Waals surface area contributed by atoms with Crippen LogP contribution in [0.1, 0.15) is 31.2 Å². The van der Waals surface area contributed by atoms with Crippen LogP contribution in [0, 0.1) is 11.8 Å². The number of ether oxygens (including phenoxy) is 1. The number of amides is 1. The number of rotatable bonds is 8. The number of anilines is 1. The number of nitrogens with one attached hydrogen (secondary N) is 1. The highest BCUT2D eigenvalue weighted by molar-refractivity contribution is 6.03. The molecule has 1 saturated carbocycles. The molecule has 0 bridgehead atoms. The van der Waals surface area contributed by atoms with Gasteiger partial charge in [0.2, 0.25) is 5.91 Å². The molecule has 2 aliphatic rings. The summed E-state index contributed by atoms with van der Waals surface area (Å²) < 4.78 is 7.86. The molecular weight excluding hydrogens is 428 g/mol. The second-order valence-electron chi connectivity index (χ2n) is 9.01. The van der Waals surface area contributed by atoms with E-state index in [1.165, 1.54) is 0 Å². The summed E-state index contributed by atoms with van der Waals surface area (Å²) in [5, 5.41) is 4.30. The standard InChI is InChI=1S/C26H32N6O2/c27-17-32(26(33)21-8-6-20(7-9-21)24-28-13-14-29-24)23-10-12-30-25-22(23)11-15-31(25)18-34-16-19-4-2-1-3-5-19/h1-5,10-12,15,20-21H,6-9,13-14,16-18,27H2,(H,28,29)/t20-,21-. The minimum Gasteiger partial charge on any atom is -0.372 e. The van der Waals surface area contributed by atoms with Crippen molar-refractivity contribution in [3.8, 4) is 0 Å². The summed E-state index contributed by atoms with van der Waals surface area (Å²) in [5.74, 6) is 1.67. The van der Waals surface area contributed by atoms with Gasteiger partial charge in [-0.25, -0.2) is 4.98 Å². The van der Waals surface area contributed by atoms with Gasteiger partial charge in [-0.3, -0.25) is 14.7 Å². The molecule has 1 aliphatic carbocycles. The highest BCUT2D eigenvalue weighted by atomic mass is 16.5. The first-order chi connectivity index (χ1) is 16.7. The lowest BCUT2D eigenvalue weighted by Crippen LogP contribution is -2.42. The number of carbonyl (C=O) groups excluding carboxylic acids is 1. The molecular formula is C26H32N6O2. The van der Waals surface area contributed by atoms with Gasteiger partial charge >= 0.3 is 0 Å². The van der Waals surface area contributed by atoms with E-state index in [-0.39, 0.29) is 18.5 Å². The number of hydrogen-bond acceptors (Lipinski definition) is 6. The molecule has 1 aliphatic heterocycles. The van der Waals surface area contributed by atoms with Crippen LogP contribution in [0.2, 0.25) is 0 Å². The van der Waals surface area contributed by atoms with E-state index in [2.05, 4.69) is 15.3 Å². The number of benzene rings is 1. The molecule has 2 aromatic heterocycles. The summed E-state index contributed by atoms with van der Waals surface area (Å²) in [6.07, 6.45) is 7.39. The fourth-order valence-electron chi connectivity index (χ4n) is 5.08. The van der Waals surface area contributed by atoms with Gasteiger partial charge in [-0.2, -0.15) is 0 Å². The number of aliphatic imine (C=N–C) groups is 1.